The van der Waals surface area contributed by atoms with E-state index in [-0.39, 0.29) is 33.5 Å². The number of benzene rings is 3. The maximum absolute atomic E-state index is 13.2. The monoisotopic (exact) mass is 469 g/mol. The molecule has 0 aliphatic heterocycles. The Bertz CT molecular complexity index is 1270. The number of para-hydroxylation sites is 1. The van der Waals surface area contributed by atoms with Gasteiger partial charge in [-0.15, -0.1) is 0 Å². The molecule has 172 valence electrons. The molecule has 0 radical (unpaired) electrons. The summed E-state index contributed by atoms with van der Waals surface area (Å²) in [6.45, 7) is 1.31. The van der Waals surface area contributed by atoms with Crippen LogP contribution in [-0.2, 0) is 14.8 Å². The zero-order valence-electron chi connectivity index (χ0n) is 18.2. The van der Waals surface area contributed by atoms with E-state index in [0.29, 0.717) is 11.4 Å². The van der Waals surface area contributed by atoms with Gasteiger partial charge in [0, 0.05) is 18.3 Å². The number of rotatable bonds is 8. The van der Waals surface area contributed by atoms with Gasteiger partial charge in [-0.05, 0) is 54.6 Å². The number of nitrogens with one attached hydrogen (secondary N) is 3. The highest BCUT2D eigenvalue weighted by Crippen LogP contribution is 2.30. The van der Waals surface area contributed by atoms with Crippen molar-refractivity contribution in [3.63, 3.8) is 0 Å². The summed E-state index contributed by atoms with van der Waals surface area (Å²) >= 11 is 0. The van der Waals surface area contributed by atoms with Crippen LogP contribution in [0.25, 0.3) is 0 Å². The van der Waals surface area contributed by atoms with Crippen molar-refractivity contribution in [2.75, 3.05) is 29.6 Å². The van der Waals surface area contributed by atoms with Gasteiger partial charge in [0.05, 0.1) is 25.5 Å². The second-order valence-electron chi connectivity index (χ2n) is 6.88. The highest BCUT2D eigenvalue weighted by Gasteiger charge is 2.23. The highest BCUT2D eigenvalue weighted by molar-refractivity contribution is 7.92. The molecule has 3 rings (SSSR count). The lowest BCUT2D eigenvalue weighted by atomic mass is 10.1. The van der Waals surface area contributed by atoms with Gasteiger partial charge in [-0.1, -0.05) is 12.1 Å². The molecule has 0 atom stereocenters. The molecule has 3 N–H and O–H groups in total. The van der Waals surface area contributed by atoms with Crippen LogP contribution in [-0.4, -0.2) is 34.5 Å². The van der Waals surface area contributed by atoms with Crippen molar-refractivity contribution in [2.45, 2.75) is 11.8 Å². The smallest absolute Gasteiger partial charge is 0.265 e. The van der Waals surface area contributed by atoms with Crippen molar-refractivity contribution in [3.05, 3.63) is 72.3 Å². The number of methoxy groups -OCH3 is 2. The van der Waals surface area contributed by atoms with Crippen molar-refractivity contribution in [1.29, 1.82) is 0 Å². The van der Waals surface area contributed by atoms with Gasteiger partial charge in [0.1, 0.15) is 16.4 Å². The van der Waals surface area contributed by atoms with E-state index in [1.54, 1.807) is 36.4 Å². The van der Waals surface area contributed by atoms with Gasteiger partial charge >= 0.3 is 0 Å². The molecule has 3 aromatic rings. The van der Waals surface area contributed by atoms with Crippen molar-refractivity contribution in [1.82, 2.24) is 0 Å². The molecule has 0 fully saturated rings. The number of carbonyl (C=O) groups excluding carboxylic acids is 2. The summed E-state index contributed by atoms with van der Waals surface area (Å²) in [6, 6.07) is 17.2. The van der Waals surface area contributed by atoms with E-state index in [9.17, 15) is 18.0 Å². The SMILES string of the molecule is COc1ccc(NC(=O)c2ccccc2NS(=O)(=O)c2cc(NC(C)=O)ccc2OC)cc1. The predicted octanol–water partition coefficient (Wildman–Crippen LogP) is 3.72. The van der Waals surface area contributed by atoms with E-state index in [2.05, 4.69) is 15.4 Å². The lowest BCUT2D eigenvalue weighted by Crippen LogP contribution is -2.19. The van der Waals surface area contributed by atoms with Gasteiger partial charge in [-0.2, -0.15) is 0 Å². The molecule has 0 saturated carbocycles. The second kappa shape index (κ2) is 10.0. The van der Waals surface area contributed by atoms with Gasteiger partial charge in [-0.3, -0.25) is 14.3 Å². The Morgan fingerprint density at radius 1 is 0.818 bits per heavy atom. The fraction of sp³-hybridized carbons (Fsp3) is 0.130. The molecule has 33 heavy (non-hydrogen) atoms. The van der Waals surface area contributed by atoms with Gasteiger partial charge < -0.3 is 20.1 Å². The van der Waals surface area contributed by atoms with Crippen LogP contribution in [0.2, 0.25) is 0 Å². The van der Waals surface area contributed by atoms with Crippen molar-refractivity contribution in [2.24, 2.45) is 0 Å². The summed E-state index contributed by atoms with van der Waals surface area (Å²) in [7, 11) is -1.30. The van der Waals surface area contributed by atoms with E-state index in [1.165, 1.54) is 51.5 Å². The molecule has 0 unspecified atom stereocenters. The number of carbonyl (C=O) groups is 2. The number of ether oxygens (including phenoxy) is 2. The van der Waals surface area contributed by atoms with Crippen LogP contribution in [0.3, 0.4) is 0 Å². The molecule has 9 nitrogen and oxygen atoms in total. The Hall–Kier alpha value is -4.05. The summed E-state index contributed by atoms with van der Waals surface area (Å²) in [6.07, 6.45) is 0. The quantitative estimate of drug-likeness (QED) is 0.462. The first-order chi connectivity index (χ1) is 15.7. The van der Waals surface area contributed by atoms with Crippen molar-refractivity contribution >= 4 is 38.9 Å². The van der Waals surface area contributed by atoms with Gasteiger partial charge in [0.2, 0.25) is 5.91 Å². The largest absolute Gasteiger partial charge is 0.497 e. The fourth-order valence-electron chi connectivity index (χ4n) is 3.01. The van der Waals surface area contributed by atoms with Crippen LogP contribution in [0.4, 0.5) is 17.1 Å². The Balaban J connectivity index is 1.90. The zero-order chi connectivity index (χ0) is 24.0. The zero-order valence-corrected chi connectivity index (χ0v) is 19.0. The second-order valence-corrected chi connectivity index (χ2v) is 8.53. The third-order valence-corrected chi connectivity index (χ3v) is 5.92. The maximum atomic E-state index is 13.2. The van der Waals surface area contributed by atoms with Crippen LogP contribution in [0.1, 0.15) is 17.3 Å². The minimum Gasteiger partial charge on any atom is -0.497 e. The third-order valence-electron chi connectivity index (χ3n) is 4.54. The fourth-order valence-corrected chi connectivity index (χ4v) is 4.29. The molecular formula is C23H23N3O6S. The molecular weight excluding hydrogens is 446 g/mol. The molecule has 10 heteroatoms. The number of hydrogen-bond donors (Lipinski definition) is 3. The summed E-state index contributed by atoms with van der Waals surface area (Å²) < 4.78 is 39.1. The van der Waals surface area contributed by atoms with Gasteiger partial charge in [-0.25, -0.2) is 8.42 Å². The number of amides is 2. The normalized spacial score (nSPS) is 10.8. The molecule has 0 aliphatic carbocycles. The standard InChI is InChI=1S/C23H23N3O6S/c1-15(27)24-17-10-13-21(32-3)22(14-17)33(29,30)26-20-7-5-4-6-19(20)23(28)25-16-8-11-18(31-2)12-9-16/h4-14,26H,1-3H3,(H,24,27)(H,25,28). The summed E-state index contributed by atoms with van der Waals surface area (Å²) in [4.78, 5) is 24.0. The number of sulfonamides is 1. The minimum atomic E-state index is -4.18. The van der Waals surface area contributed by atoms with Crippen LogP contribution in [0, 0.1) is 0 Å². The molecule has 0 bridgehead atoms. The maximum Gasteiger partial charge on any atom is 0.265 e. The summed E-state index contributed by atoms with van der Waals surface area (Å²) in [5.41, 5.74) is 1.00. The Morgan fingerprint density at radius 3 is 2.12 bits per heavy atom. The first-order valence-corrected chi connectivity index (χ1v) is 11.2. The minimum absolute atomic E-state index is 0.0792. The van der Waals surface area contributed by atoms with E-state index in [1.807, 2.05) is 0 Å². The molecule has 0 aromatic heterocycles. The van der Waals surface area contributed by atoms with Crippen LogP contribution >= 0.6 is 0 Å². The van der Waals surface area contributed by atoms with E-state index < -0.39 is 15.9 Å². The molecule has 0 heterocycles. The lowest BCUT2D eigenvalue weighted by Gasteiger charge is -2.15. The Labute approximate surface area is 191 Å². The van der Waals surface area contributed by atoms with Gasteiger partial charge in [0.25, 0.3) is 15.9 Å². The molecule has 3 aromatic carbocycles. The first kappa shape index (κ1) is 23.6. The van der Waals surface area contributed by atoms with Crippen LogP contribution in [0.15, 0.2) is 71.6 Å². The number of hydrogen-bond acceptors (Lipinski definition) is 6. The van der Waals surface area contributed by atoms with Crippen molar-refractivity contribution in [3.8, 4) is 11.5 Å². The van der Waals surface area contributed by atoms with E-state index in [0.717, 1.165) is 0 Å². The van der Waals surface area contributed by atoms with E-state index in [4.69, 9.17) is 9.47 Å². The Kier molecular flexibility index (Phi) is 7.19. The Morgan fingerprint density at radius 2 is 1.48 bits per heavy atom. The van der Waals surface area contributed by atoms with Crippen LogP contribution < -0.4 is 24.8 Å². The molecule has 0 spiro atoms. The molecule has 0 aliphatic rings. The summed E-state index contributed by atoms with van der Waals surface area (Å²) in [5, 5.41) is 5.26. The van der Waals surface area contributed by atoms with Gasteiger partial charge in [0.15, 0.2) is 0 Å². The third kappa shape index (κ3) is 5.80. The topological polar surface area (TPSA) is 123 Å². The number of anilines is 3. The summed E-state index contributed by atoms with van der Waals surface area (Å²) in [5.74, 6) is -0.136. The average molecular weight is 470 g/mol. The predicted molar refractivity (Wildman–Crippen MR) is 125 cm³/mol. The lowest BCUT2D eigenvalue weighted by molar-refractivity contribution is -0.114. The van der Waals surface area contributed by atoms with Crippen LogP contribution in [0.5, 0.6) is 11.5 Å². The molecule has 2 amide bonds. The highest BCUT2D eigenvalue weighted by atomic mass is 32.2. The average Bonchev–Trinajstić information content (AvgIpc) is 2.79. The molecule has 0 saturated heterocycles. The first-order valence-electron chi connectivity index (χ1n) is 9.76. The van der Waals surface area contributed by atoms with Crippen molar-refractivity contribution < 1.29 is 27.5 Å². The van der Waals surface area contributed by atoms with E-state index >= 15 is 0 Å².